The number of carbonyl (C=O) groups excluding carboxylic acids is 1. The van der Waals surface area contributed by atoms with Crippen molar-refractivity contribution in [3.8, 4) is 0 Å². The molecule has 15 heavy (non-hydrogen) atoms. The highest BCUT2D eigenvalue weighted by Gasteiger charge is 2.11. The monoisotopic (exact) mass is 204 g/mol. The maximum absolute atomic E-state index is 10.9. The molecule has 0 unspecified atom stereocenters. The Labute approximate surface area is 89.6 Å². The van der Waals surface area contributed by atoms with E-state index in [2.05, 4.69) is 6.58 Å². The Hall–Kier alpha value is -1.77. The highest BCUT2D eigenvalue weighted by atomic mass is 16.4. The minimum Gasteiger partial charge on any atom is -0.530 e. The molecule has 0 aromatic heterocycles. The van der Waals surface area contributed by atoms with Gasteiger partial charge in [-0.05, 0) is 31.5 Å². The summed E-state index contributed by atoms with van der Waals surface area (Å²) in [5.74, 6) is 0. The molecule has 1 rings (SSSR count). The van der Waals surface area contributed by atoms with Gasteiger partial charge in [-0.25, -0.2) is 0 Å². The summed E-state index contributed by atoms with van der Waals surface area (Å²) in [6, 6.07) is 7.02. The second-order valence-electron chi connectivity index (χ2n) is 3.53. The van der Waals surface area contributed by atoms with Crippen molar-refractivity contribution in [3.05, 3.63) is 36.4 Å². The van der Waals surface area contributed by atoms with Gasteiger partial charge < -0.3 is 14.8 Å². The number of anilines is 1. The molecule has 0 aliphatic heterocycles. The normalized spacial score (nSPS) is 10.1. The number of carboxylic acid groups (broad SMARTS) is 1. The first-order valence-electron chi connectivity index (χ1n) is 4.79. The van der Waals surface area contributed by atoms with Crippen LogP contribution in [0.4, 0.5) is 10.5 Å². The minimum atomic E-state index is -1.19. The van der Waals surface area contributed by atoms with Gasteiger partial charge in [-0.3, -0.25) is 0 Å². The average Bonchev–Trinajstić information content (AvgIpc) is 2.17. The first-order chi connectivity index (χ1) is 7.06. The standard InChI is InChI=1S/C12H15NO2/c1-4-10-6-5-7-11(8-10)13(9(2)3)12(14)15/h4-9H,1H2,2-3H3,(H,14,15)/p-1. The van der Waals surface area contributed by atoms with Crippen LogP contribution in [0.15, 0.2) is 30.8 Å². The van der Waals surface area contributed by atoms with Gasteiger partial charge in [0.05, 0.1) is 0 Å². The molecule has 0 heterocycles. The van der Waals surface area contributed by atoms with Gasteiger partial charge in [0.1, 0.15) is 6.09 Å². The second kappa shape index (κ2) is 4.64. The molecule has 0 aliphatic rings. The SMILES string of the molecule is C=Cc1cccc(N(C(=O)[O-])C(C)C)c1. The van der Waals surface area contributed by atoms with Crippen LogP contribution < -0.4 is 10.0 Å². The van der Waals surface area contributed by atoms with Crippen LogP contribution in [0.5, 0.6) is 0 Å². The van der Waals surface area contributed by atoms with Crippen molar-refractivity contribution in [1.29, 1.82) is 0 Å². The fourth-order valence-corrected chi connectivity index (χ4v) is 1.42. The molecule has 3 nitrogen and oxygen atoms in total. The number of rotatable bonds is 3. The number of benzene rings is 1. The molecule has 0 aliphatic carbocycles. The van der Waals surface area contributed by atoms with E-state index in [9.17, 15) is 9.90 Å². The summed E-state index contributed by atoms with van der Waals surface area (Å²) < 4.78 is 0. The number of hydrogen-bond donors (Lipinski definition) is 0. The van der Waals surface area contributed by atoms with Gasteiger partial charge in [0.25, 0.3) is 0 Å². The van der Waals surface area contributed by atoms with E-state index >= 15 is 0 Å². The molecule has 0 saturated carbocycles. The van der Waals surface area contributed by atoms with Crippen molar-refractivity contribution in [1.82, 2.24) is 0 Å². The number of carbonyl (C=O) groups is 1. The molecule has 0 atom stereocenters. The third-order valence-electron chi connectivity index (χ3n) is 2.10. The molecule has 1 amide bonds. The topological polar surface area (TPSA) is 43.4 Å². The largest absolute Gasteiger partial charge is 0.530 e. The maximum Gasteiger partial charge on any atom is 0.141 e. The van der Waals surface area contributed by atoms with Crippen LogP contribution in [-0.4, -0.2) is 12.1 Å². The van der Waals surface area contributed by atoms with E-state index in [1.165, 1.54) is 4.90 Å². The predicted octanol–water partition coefficient (Wildman–Crippen LogP) is 1.89. The predicted molar refractivity (Wildman–Crippen MR) is 59.5 cm³/mol. The lowest BCUT2D eigenvalue weighted by atomic mass is 10.1. The molecular weight excluding hydrogens is 190 g/mol. The lowest BCUT2D eigenvalue weighted by Crippen LogP contribution is -2.45. The van der Waals surface area contributed by atoms with Crippen LogP contribution in [0.2, 0.25) is 0 Å². The zero-order valence-corrected chi connectivity index (χ0v) is 8.93. The van der Waals surface area contributed by atoms with Crippen LogP contribution in [0.3, 0.4) is 0 Å². The van der Waals surface area contributed by atoms with Crippen LogP contribution in [-0.2, 0) is 0 Å². The van der Waals surface area contributed by atoms with E-state index in [-0.39, 0.29) is 6.04 Å². The Bertz CT molecular complexity index is 372. The van der Waals surface area contributed by atoms with Gasteiger partial charge in [-0.1, -0.05) is 24.8 Å². The fourth-order valence-electron chi connectivity index (χ4n) is 1.42. The maximum atomic E-state index is 10.9. The summed E-state index contributed by atoms with van der Waals surface area (Å²) in [4.78, 5) is 12.1. The molecule has 0 spiro atoms. The Morgan fingerprint density at radius 2 is 2.20 bits per heavy atom. The molecule has 0 saturated heterocycles. The summed E-state index contributed by atoms with van der Waals surface area (Å²) in [5, 5.41) is 10.9. The number of amides is 1. The third kappa shape index (κ3) is 2.59. The zero-order chi connectivity index (χ0) is 11.4. The molecule has 1 aromatic rings. The lowest BCUT2D eigenvalue weighted by Gasteiger charge is -2.29. The van der Waals surface area contributed by atoms with Crippen LogP contribution in [0.25, 0.3) is 6.08 Å². The summed E-state index contributed by atoms with van der Waals surface area (Å²) in [6.45, 7) is 7.24. The van der Waals surface area contributed by atoms with E-state index in [4.69, 9.17) is 0 Å². The smallest absolute Gasteiger partial charge is 0.141 e. The van der Waals surface area contributed by atoms with E-state index in [0.29, 0.717) is 5.69 Å². The first kappa shape index (κ1) is 11.3. The van der Waals surface area contributed by atoms with Crippen molar-refractivity contribution in [2.45, 2.75) is 19.9 Å². The summed E-state index contributed by atoms with van der Waals surface area (Å²) in [7, 11) is 0. The number of nitrogens with zero attached hydrogens (tertiary/aromatic N) is 1. The highest BCUT2D eigenvalue weighted by molar-refractivity contribution is 5.85. The third-order valence-corrected chi connectivity index (χ3v) is 2.10. The molecule has 1 aromatic carbocycles. The van der Waals surface area contributed by atoms with Crippen molar-refractivity contribution in [2.75, 3.05) is 4.90 Å². The molecular formula is C12H14NO2-. The van der Waals surface area contributed by atoms with Crippen LogP contribution in [0, 0.1) is 0 Å². The number of hydrogen-bond acceptors (Lipinski definition) is 2. The van der Waals surface area contributed by atoms with Gasteiger partial charge in [-0.2, -0.15) is 0 Å². The zero-order valence-electron chi connectivity index (χ0n) is 8.93. The van der Waals surface area contributed by atoms with Crippen molar-refractivity contribution >= 4 is 17.9 Å². The Kier molecular flexibility index (Phi) is 3.50. The molecule has 0 fully saturated rings. The average molecular weight is 204 g/mol. The van der Waals surface area contributed by atoms with E-state index in [0.717, 1.165) is 5.56 Å². The summed E-state index contributed by atoms with van der Waals surface area (Å²) >= 11 is 0. The van der Waals surface area contributed by atoms with Gasteiger partial charge in [-0.15, -0.1) is 0 Å². The molecule has 3 heteroatoms. The van der Waals surface area contributed by atoms with Crippen molar-refractivity contribution in [3.63, 3.8) is 0 Å². The Morgan fingerprint density at radius 1 is 1.53 bits per heavy atom. The fraction of sp³-hybridized carbons (Fsp3) is 0.250. The Morgan fingerprint density at radius 3 is 2.67 bits per heavy atom. The minimum absolute atomic E-state index is 0.143. The lowest BCUT2D eigenvalue weighted by molar-refractivity contribution is -0.247. The van der Waals surface area contributed by atoms with Crippen molar-refractivity contribution < 1.29 is 9.90 Å². The van der Waals surface area contributed by atoms with Crippen molar-refractivity contribution in [2.24, 2.45) is 0 Å². The highest BCUT2D eigenvalue weighted by Crippen LogP contribution is 2.18. The van der Waals surface area contributed by atoms with E-state index in [1.54, 1.807) is 38.1 Å². The van der Waals surface area contributed by atoms with Gasteiger partial charge in [0.2, 0.25) is 0 Å². The Balaban J connectivity index is 3.11. The van der Waals surface area contributed by atoms with Crippen LogP contribution in [0.1, 0.15) is 19.4 Å². The molecule has 0 radical (unpaired) electrons. The quantitative estimate of drug-likeness (QED) is 0.754. The van der Waals surface area contributed by atoms with Gasteiger partial charge in [0.15, 0.2) is 0 Å². The van der Waals surface area contributed by atoms with E-state index in [1.807, 2.05) is 6.07 Å². The molecule has 80 valence electrons. The van der Waals surface area contributed by atoms with E-state index < -0.39 is 6.09 Å². The first-order valence-corrected chi connectivity index (χ1v) is 4.79. The van der Waals surface area contributed by atoms with Gasteiger partial charge >= 0.3 is 0 Å². The summed E-state index contributed by atoms with van der Waals surface area (Å²) in [6.07, 6.45) is 0.489. The second-order valence-corrected chi connectivity index (χ2v) is 3.53. The molecule has 0 N–H and O–H groups in total. The van der Waals surface area contributed by atoms with Gasteiger partial charge in [0, 0.05) is 11.7 Å². The van der Waals surface area contributed by atoms with Crippen LogP contribution >= 0.6 is 0 Å². The molecule has 0 bridgehead atoms. The summed E-state index contributed by atoms with van der Waals surface area (Å²) in [5.41, 5.74) is 1.50.